The third kappa shape index (κ3) is 3.27. The van der Waals surface area contributed by atoms with E-state index in [9.17, 15) is 9.59 Å². The number of likely N-dealkylation sites (tertiary alicyclic amines) is 1. The van der Waals surface area contributed by atoms with Crippen LogP contribution in [0.1, 0.15) is 44.1 Å². The van der Waals surface area contributed by atoms with Crippen molar-refractivity contribution in [1.82, 2.24) is 9.88 Å². The van der Waals surface area contributed by atoms with Crippen molar-refractivity contribution in [3.63, 3.8) is 0 Å². The molecule has 2 fully saturated rings. The molecule has 1 aromatic carbocycles. The lowest BCUT2D eigenvalue weighted by molar-refractivity contribution is -0.130. The number of hydrogen-bond donors (Lipinski definition) is 1. The number of amides is 2. The highest BCUT2D eigenvalue weighted by molar-refractivity contribution is 7.22. The van der Waals surface area contributed by atoms with Crippen molar-refractivity contribution in [2.24, 2.45) is 5.92 Å². The van der Waals surface area contributed by atoms with Crippen LogP contribution in [-0.2, 0) is 9.59 Å². The van der Waals surface area contributed by atoms with Crippen molar-refractivity contribution < 1.29 is 9.59 Å². The lowest BCUT2D eigenvalue weighted by Crippen LogP contribution is -2.38. The lowest BCUT2D eigenvalue weighted by atomic mass is 9.94. The summed E-state index contributed by atoms with van der Waals surface area (Å²) < 4.78 is 1.07. The van der Waals surface area contributed by atoms with Crippen molar-refractivity contribution in [3.8, 4) is 0 Å². The summed E-state index contributed by atoms with van der Waals surface area (Å²) >= 11 is 1.49. The van der Waals surface area contributed by atoms with Gasteiger partial charge in [0.1, 0.15) is 0 Å². The molecule has 1 saturated carbocycles. The van der Waals surface area contributed by atoms with Gasteiger partial charge in [0.25, 0.3) is 0 Å². The van der Waals surface area contributed by atoms with Gasteiger partial charge < -0.3 is 10.2 Å². The summed E-state index contributed by atoms with van der Waals surface area (Å²) in [7, 11) is 0. The molecule has 5 nitrogen and oxygen atoms in total. The lowest BCUT2D eigenvalue weighted by Gasteiger charge is -2.31. The molecule has 2 amide bonds. The van der Waals surface area contributed by atoms with Crippen LogP contribution in [-0.4, -0.2) is 34.3 Å². The van der Waals surface area contributed by atoms with Crippen LogP contribution >= 0.6 is 11.3 Å². The number of carbonyl (C=O) groups is 2. The summed E-state index contributed by atoms with van der Waals surface area (Å²) in [5, 5.41) is 3.56. The van der Waals surface area contributed by atoms with Crippen LogP contribution in [0.3, 0.4) is 0 Å². The average molecular weight is 357 g/mol. The Labute approximate surface area is 151 Å². The van der Waals surface area contributed by atoms with Crippen molar-refractivity contribution in [2.75, 3.05) is 11.9 Å². The van der Waals surface area contributed by atoms with E-state index in [1.807, 2.05) is 30.0 Å². The van der Waals surface area contributed by atoms with Gasteiger partial charge in [-0.05, 0) is 31.4 Å². The molecular formula is C19H23N3O2S. The van der Waals surface area contributed by atoms with Gasteiger partial charge in [0, 0.05) is 19.0 Å². The van der Waals surface area contributed by atoms with E-state index in [2.05, 4.69) is 10.3 Å². The topological polar surface area (TPSA) is 62.3 Å². The maximum absolute atomic E-state index is 12.6. The summed E-state index contributed by atoms with van der Waals surface area (Å²) in [4.78, 5) is 31.5. The van der Waals surface area contributed by atoms with Crippen LogP contribution in [0.5, 0.6) is 0 Å². The minimum Gasteiger partial charge on any atom is -0.339 e. The second kappa shape index (κ2) is 6.75. The molecule has 0 radical (unpaired) electrons. The summed E-state index contributed by atoms with van der Waals surface area (Å²) in [5.74, 6) is -0.210. The van der Waals surface area contributed by atoms with E-state index in [1.165, 1.54) is 30.6 Å². The SMILES string of the molecule is Cc1cccc2sc(NC(=O)C3CC(=O)N(C4CCCCC4)C3)nc12. The fourth-order valence-corrected chi connectivity index (χ4v) is 4.95. The van der Waals surface area contributed by atoms with Gasteiger partial charge in [0.2, 0.25) is 11.8 Å². The first kappa shape index (κ1) is 16.5. The van der Waals surface area contributed by atoms with E-state index in [1.54, 1.807) is 0 Å². The summed E-state index contributed by atoms with van der Waals surface area (Å²) in [6, 6.07) is 6.37. The number of aryl methyl sites for hydroxylation is 1. The van der Waals surface area contributed by atoms with E-state index in [4.69, 9.17) is 0 Å². The Morgan fingerprint density at radius 2 is 2.08 bits per heavy atom. The molecule has 2 aromatic rings. The number of thiazole rings is 1. The molecule has 0 bridgehead atoms. The minimum atomic E-state index is -0.262. The first-order chi connectivity index (χ1) is 12.1. The predicted octanol–water partition coefficient (Wildman–Crippen LogP) is 3.72. The fourth-order valence-electron chi connectivity index (χ4n) is 4.00. The van der Waals surface area contributed by atoms with Gasteiger partial charge in [0.05, 0.1) is 16.1 Å². The Bertz CT molecular complexity index is 810. The normalized spacial score (nSPS) is 21.9. The van der Waals surface area contributed by atoms with E-state index in [0.29, 0.717) is 24.1 Å². The number of benzene rings is 1. The largest absolute Gasteiger partial charge is 0.339 e. The highest BCUT2D eigenvalue weighted by Crippen LogP contribution is 2.31. The molecule has 6 heteroatoms. The summed E-state index contributed by atoms with van der Waals surface area (Å²) in [6.07, 6.45) is 6.13. The van der Waals surface area contributed by atoms with E-state index >= 15 is 0 Å². The molecule has 0 spiro atoms. The monoisotopic (exact) mass is 357 g/mol. The van der Waals surface area contributed by atoms with Gasteiger partial charge in [-0.25, -0.2) is 4.98 Å². The second-order valence-electron chi connectivity index (χ2n) is 7.17. The molecule has 1 aliphatic carbocycles. The molecule has 4 rings (SSSR count). The van der Waals surface area contributed by atoms with Crippen molar-refractivity contribution in [1.29, 1.82) is 0 Å². The Morgan fingerprint density at radius 3 is 2.84 bits per heavy atom. The zero-order valence-corrected chi connectivity index (χ0v) is 15.3. The Kier molecular flexibility index (Phi) is 4.46. The smallest absolute Gasteiger partial charge is 0.231 e. The van der Waals surface area contributed by atoms with Crippen LogP contribution in [0.25, 0.3) is 10.2 Å². The molecule has 2 aliphatic rings. The molecule has 1 aliphatic heterocycles. The Balaban J connectivity index is 1.44. The predicted molar refractivity (Wildman–Crippen MR) is 99.7 cm³/mol. The molecular weight excluding hydrogens is 334 g/mol. The van der Waals surface area contributed by atoms with Crippen molar-refractivity contribution in [3.05, 3.63) is 23.8 Å². The second-order valence-corrected chi connectivity index (χ2v) is 8.20. The van der Waals surface area contributed by atoms with Crippen LogP contribution in [0.15, 0.2) is 18.2 Å². The number of carbonyl (C=O) groups excluding carboxylic acids is 2. The maximum atomic E-state index is 12.6. The highest BCUT2D eigenvalue weighted by atomic mass is 32.1. The maximum Gasteiger partial charge on any atom is 0.231 e. The van der Waals surface area contributed by atoms with Gasteiger partial charge in [-0.1, -0.05) is 42.7 Å². The van der Waals surface area contributed by atoms with Crippen LogP contribution in [0.2, 0.25) is 0 Å². The van der Waals surface area contributed by atoms with E-state index in [0.717, 1.165) is 28.6 Å². The molecule has 2 heterocycles. The summed E-state index contributed by atoms with van der Waals surface area (Å²) in [6.45, 7) is 2.57. The van der Waals surface area contributed by atoms with E-state index in [-0.39, 0.29) is 17.7 Å². The number of hydrogen-bond acceptors (Lipinski definition) is 4. The fraction of sp³-hybridized carbons (Fsp3) is 0.526. The molecule has 1 atom stereocenters. The van der Waals surface area contributed by atoms with Gasteiger partial charge in [-0.2, -0.15) is 0 Å². The average Bonchev–Trinajstić information content (AvgIpc) is 3.20. The molecule has 132 valence electrons. The van der Waals surface area contributed by atoms with Gasteiger partial charge >= 0.3 is 0 Å². The van der Waals surface area contributed by atoms with Gasteiger partial charge in [-0.3, -0.25) is 9.59 Å². The Hall–Kier alpha value is -1.95. The molecule has 1 saturated heterocycles. The zero-order valence-electron chi connectivity index (χ0n) is 14.5. The standard InChI is InChI=1S/C19H23N3O2S/c1-12-6-5-9-15-17(12)20-19(25-15)21-18(24)13-10-16(23)22(11-13)14-7-3-2-4-8-14/h5-6,9,13-14H,2-4,7-8,10-11H2,1H3,(H,20,21,24). The van der Waals surface area contributed by atoms with Crippen LogP contribution in [0.4, 0.5) is 5.13 Å². The number of para-hydroxylation sites is 1. The third-order valence-corrected chi connectivity index (χ3v) is 6.33. The number of anilines is 1. The zero-order chi connectivity index (χ0) is 17.4. The number of nitrogens with one attached hydrogen (secondary N) is 1. The van der Waals surface area contributed by atoms with Crippen molar-refractivity contribution in [2.45, 2.75) is 51.5 Å². The van der Waals surface area contributed by atoms with Crippen molar-refractivity contribution >= 4 is 38.5 Å². The van der Waals surface area contributed by atoms with E-state index < -0.39 is 0 Å². The van der Waals surface area contributed by atoms with Crippen LogP contribution < -0.4 is 5.32 Å². The molecule has 1 unspecified atom stereocenters. The van der Waals surface area contributed by atoms with Gasteiger partial charge in [-0.15, -0.1) is 0 Å². The number of fused-ring (bicyclic) bond motifs is 1. The third-order valence-electron chi connectivity index (χ3n) is 5.40. The number of aromatic nitrogens is 1. The van der Waals surface area contributed by atoms with Gasteiger partial charge in [0.15, 0.2) is 5.13 Å². The highest BCUT2D eigenvalue weighted by Gasteiger charge is 2.38. The number of rotatable bonds is 3. The first-order valence-electron chi connectivity index (χ1n) is 9.08. The Morgan fingerprint density at radius 1 is 1.28 bits per heavy atom. The number of nitrogens with zero attached hydrogens (tertiary/aromatic N) is 2. The molecule has 1 aromatic heterocycles. The first-order valence-corrected chi connectivity index (χ1v) is 9.90. The minimum absolute atomic E-state index is 0.0802. The van der Waals surface area contributed by atoms with Crippen LogP contribution in [0, 0.1) is 12.8 Å². The summed E-state index contributed by atoms with van der Waals surface area (Å²) in [5.41, 5.74) is 2.04. The quantitative estimate of drug-likeness (QED) is 0.910. The molecule has 25 heavy (non-hydrogen) atoms. The molecule has 1 N–H and O–H groups in total.